The van der Waals surface area contributed by atoms with Crippen molar-refractivity contribution < 1.29 is 18.3 Å². The fourth-order valence-corrected chi connectivity index (χ4v) is 3.35. The van der Waals surface area contributed by atoms with Gasteiger partial charge in [-0.3, -0.25) is 4.79 Å². The van der Waals surface area contributed by atoms with Crippen LogP contribution in [0.25, 0.3) is 0 Å². The molecule has 2 N–H and O–H groups in total. The van der Waals surface area contributed by atoms with Gasteiger partial charge < -0.3 is 5.11 Å². The van der Waals surface area contributed by atoms with E-state index in [1.807, 2.05) is 13.8 Å². The van der Waals surface area contributed by atoms with E-state index in [-0.39, 0.29) is 16.2 Å². The second-order valence-corrected chi connectivity index (χ2v) is 8.34. The van der Waals surface area contributed by atoms with Crippen molar-refractivity contribution in [3.05, 3.63) is 59.2 Å². The molecule has 144 valence electrons. The number of benzene rings is 2. The third kappa shape index (κ3) is 4.72. The lowest BCUT2D eigenvalue weighted by Gasteiger charge is -2.12. The first kappa shape index (κ1) is 20.6. The van der Waals surface area contributed by atoms with Crippen molar-refractivity contribution in [3.8, 4) is 5.75 Å². The van der Waals surface area contributed by atoms with Gasteiger partial charge in [-0.2, -0.15) is 5.10 Å². The Morgan fingerprint density at radius 2 is 1.89 bits per heavy atom. The van der Waals surface area contributed by atoms with Crippen molar-refractivity contribution in [1.29, 1.82) is 0 Å². The minimum absolute atomic E-state index is 0.0242. The minimum atomic E-state index is -3.64. The van der Waals surface area contributed by atoms with Gasteiger partial charge in [0.15, 0.2) is 0 Å². The number of hydrogen-bond donors (Lipinski definition) is 2. The predicted molar refractivity (Wildman–Crippen MR) is 104 cm³/mol. The van der Waals surface area contributed by atoms with E-state index in [0.717, 1.165) is 9.87 Å². The summed E-state index contributed by atoms with van der Waals surface area (Å²) in [5, 5.41) is 14.1. The minimum Gasteiger partial charge on any atom is -0.507 e. The monoisotopic (exact) mass is 389 g/mol. The lowest BCUT2D eigenvalue weighted by atomic mass is 10.0. The molecule has 1 amide bonds. The van der Waals surface area contributed by atoms with Crippen molar-refractivity contribution in [1.82, 2.24) is 9.73 Å². The van der Waals surface area contributed by atoms with E-state index in [2.05, 4.69) is 10.5 Å². The van der Waals surface area contributed by atoms with Crippen molar-refractivity contribution in [3.63, 3.8) is 0 Å². The van der Waals surface area contributed by atoms with Gasteiger partial charge in [0.1, 0.15) is 5.75 Å². The molecule has 7 nitrogen and oxygen atoms in total. The molecule has 2 aromatic carbocycles. The van der Waals surface area contributed by atoms with Gasteiger partial charge in [-0.1, -0.05) is 24.6 Å². The average Bonchev–Trinajstić information content (AvgIpc) is 2.64. The molecule has 0 aliphatic rings. The van der Waals surface area contributed by atoms with Crippen LogP contribution in [0.5, 0.6) is 5.75 Å². The molecule has 2 rings (SSSR count). The maximum Gasteiger partial charge on any atom is 0.271 e. The molecule has 2 aromatic rings. The van der Waals surface area contributed by atoms with E-state index in [9.17, 15) is 18.3 Å². The van der Waals surface area contributed by atoms with Crippen LogP contribution < -0.4 is 5.43 Å². The zero-order chi connectivity index (χ0) is 20.2. The largest absolute Gasteiger partial charge is 0.507 e. The van der Waals surface area contributed by atoms with Gasteiger partial charge in [0.25, 0.3) is 5.91 Å². The molecule has 0 radical (unpaired) electrons. The van der Waals surface area contributed by atoms with Crippen LogP contribution in [0, 0.1) is 6.92 Å². The standard InChI is InChI=1S/C19H23N3O4S/c1-5-17(16-11-13(2)9-10-18(16)23)20-21-19(24)14-7-6-8-15(12-14)27(25,26)22(3)4/h6-12,23H,5H2,1-4H3,(H,21,24)/b20-17+. The van der Waals surface area contributed by atoms with Crippen LogP contribution in [0.4, 0.5) is 0 Å². The summed E-state index contributed by atoms with van der Waals surface area (Å²) in [7, 11) is -0.788. The number of carbonyl (C=O) groups excluding carboxylic acids is 1. The molecule has 0 fully saturated rings. The molecular weight excluding hydrogens is 366 g/mol. The van der Waals surface area contributed by atoms with E-state index < -0.39 is 15.9 Å². The summed E-state index contributed by atoms with van der Waals surface area (Å²) in [6.07, 6.45) is 0.492. The average molecular weight is 389 g/mol. The first-order chi connectivity index (χ1) is 12.7. The highest BCUT2D eigenvalue weighted by atomic mass is 32.2. The number of nitrogens with zero attached hydrogens (tertiary/aromatic N) is 2. The molecule has 8 heteroatoms. The molecule has 0 aromatic heterocycles. The SMILES string of the molecule is CC/C(=N\NC(=O)c1cccc(S(=O)(=O)N(C)C)c1)c1cc(C)ccc1O. The molecule has 0 unspecified atom stereocenters. The Hall–Kier alpha value is -2.71. The zero-order valence-electron chi connectivity index (χ0n) is 15.7. The number of amides is 1. The number of hydrogen-bond acceptors (Lipinski definition) is 5. The fourth-order valence-electron chi connectivity index (χ4n) is 2.40. The number of rotatable bonds is 6. The van der Waals surface area contributed by atoms with Crippen LogP contribution in [-0.2, 0) is 10.0 Å². The zero-order valence-corrected chi connectivity index (χ0v) is 16.5. The molecule has 0 bridgehead atoms. The summed E-state index contributed by atoms with van der Waals surface area (Å²) >= 11 is 0. The Kier molecular flexibility index (Phi) is 6.35. The predicted octanol–water partition coefficient (Wildman–Crippen LogP) is 2.50. The summed E-state index contributed by atoms with van der Waals surface area (Å²) in [6, 6.07) is 10.9. The molecule has 0 atom stereocenters. The third-order valence-electron chi connectivity index (χ3n) is 3.97. The van der Waals surface area contributed by atoms with Crippen LogP contribution in [0.1, 0.15) is 34.8 Å². The number of sulfonamides is 1. The Morgan fingerprint density at radius 3 is 2.52 bits per heavy atom. The number of aryl methyl sites for hydroxylation is 1. The van der Waals surface area contributed by atoms with Crippen LogP contribution in [0.2, 0.25) is 0 Å². The van der Waals surface area contributed by atoms with Crippen LogP contribution in [0.3, 0.4) is 0 Å². The van der Waals surface area contributed by atoms with Gasteiger partial charge in [-0.25, -0.2) is 18.1 Å². The highest BCUT2D eigenvalue weighted by Crippen LogP contribution is 2.20. The van der Waals surface area contributed by atoms with Gasteiger partial charge in [0.2, 0.25) is 10.0 Å². The highest BCUT2D eigenvalue weighted by molar-refractivity contribution is 7.89. The van der Waals surface area contributed by atoms with Crippen LogP contribution in [0.15, 0.2) is 52.5 Å². The number of phenols is 1. The second kappa shape index (κ2) is 8.32. The van der Waals surface area contributed by atoms with Gasteiger partial charge in [0, 0.05) is 25.2 Å². The van der Waals surface area contributed by atoms with Gasteiger partial charge in [0.05, 0.1) is 10.6 Å². The lowest BCUT2D eigenvalue weighted by Crippen LogP contribution is -2.24. The summed E-state index contributed by atoms with van der Waals surface area (Å²) in [5.41, 5.74) is 4.62. The van der Waals surface area contributed by atoms with E-state index in [1.165, 1.54) is 38.4 Å². The summed E-state index contributed by atoms with van der Waals surface area (Å²) < 4.78 is 25.5. The summed E-state index contributed by atoms with van der Waals surface area (Å²) in [6.45, 7) is 3.75. The maximum atomic E-state index is 12.4. The maximum absolute atomic E-state index is 12.4. The molecule has 0 saturated carbocycles. The number of nitrogens with one attached hydrogen (secondary N) is 1. The van der Waals surface area contributed by atoms with Crippen molar-refractivity contribution in [2.45, 2.75) is 25.2 Å². The Labute approximate surface area is 159 Å². The molecule has 0 saturated heterocycles. The normalized spacial score (nSPS) is 12.3. The first-order valence-electron chi connectivity index (χ1n) is 8.36. The fraction of sp³-hybridized carbons (Fsp3) is 0.263. The Balaban J connectivity index is 2.29. The molecule has 27 heavy (non-hydrogen) atoms. The molecule has 0 aliphatic heterocycles. The number of phenolic OH excluding ortho intramolecular Hbond substituents is 1. The van der Waals surface area contributed by atoms with Gasteiger partial charge in [-0.15, -0.1) is 0 Å². The highest BCUT2D eigenvalue weighted by Gasteiger charge is 2.18. The smallest absolute Gasteiger partial charge is 0.271 e. The summed E-state index contributed by atoms with van der Waals surface area (Å²) in [4.78, 5) is 12.4. The third-order valence-corrected chi connectivity index (χ3v) is 5.78. The quantitative estimate of drug-likeness (QED) is 0.586. The van der Waals surface area contributed by atoms with Gasteiger partial charge in [-0.05, 0) is 43.7 Å². The van der Waals surface area contributed by atoms with E-state index >= 15 is 0 Å². The second-order valence-electron chi connectivity index (χ2n) is 6.19. The van der Waals surface area contributed by atoms with E-state index in [1.54, 1.807) is 18.2 Å². The molecular formula is C19H23N3O4S. The van der Waals surface area contributed by atoms with Crippen LogP contribution >= 0.6 is 0 Å². The summed E-state index contributed by atoms with van der Waals surface area (Å²) in [5.74, 6) is -0.460. The molecule has 0 heterocycles. The van der Waals surface area contributed by atoms with Crippen LogP contribution in [-0.4, -0.2) is 43.5 Å². The van der Waals surface area contributed by atoms with Crippen molar-refractivity contribution >= 4 is 21.6 Å². The van der Waals surface area contributed by atoms with Crippen molar-refractivity contribution in [2.75, 3.05) is 14.1 Å². The molecule has 0 aliphatic carbocycles. The van der Waals surface area contributed by atoms with E-state index in [4.69, 9.17) is 0 Å². The topological polar surface area (TPSA) is 99.1 Å². The molecule has 0 spiro atoms. The Bertz CT molecular complexity index is 982. The first-order valence-corrected chi connectivity index (χ1v) is 9.80. The number of aromatic hydroxyl groups is 1. The van der Waals surface area contributed by atoms with E-state index in [0.29, 0.717) is 17.7 Å². The number of hydrazone groups is 1. The lowest BCUT2D eigenvalue weighted by molar-refractivity contribution is 0.0954. The van der Waals surface area contributed by atoms with Crippen molar-refractivity contribution in [2.24, 2.45) is 5.10 Å². The van der Waals surface area contributed by atoms with Gasteiger partial charge >= 0.3 is 0 Å². The number of carbonyl (C=O) groups is 1. The Morgan fingerprint density at radius 1 is 1.19 bits per heavy atom.